The molecular weight excluding hydrogens is 388 g/mol. The highest BCUT2D eigenvalue weighted by molar-refractivity contribution is 7.89. The normalized spacial score (nSPS) is 17.4. The molecule has 0 aliphatic carbocycles. The largest absolute Gasteiger partial charge is 0.468 e. The summed E-state index contributed by atoms with van der Waals surface area (Å²) in [5, 5.41) is 0. The van der Waals surface area contributed by atoms with Crippen LogP contribution in [-0.2, 0) is 26.0 Å². The van der Waals surface area contributed by atoms with Crippen molar-refractivity contribution in [3.05, 3.63) is 54.1 Å². The molecule has 0 spiro atoms. The van der Waals surface area contributed by atoms with Crippen LogP contribution in [0.5, 0.6) is 0 Å². The summed E-state index contributed by atoms with van der Waals surface area (Å²) in [6.07, 6.45) is 3.63. The molecule has 2 aromatic carbocycles. The summed E-state index contributed by atoms with van der Waals surface area (Å²) in [6, 6.07) is 15.7. The highest BCUT2D eigenvalue weighted by Gasteiger charge is 2.19. The van der Waals surface area contributed by atoms with Gasteiger partial charge in [0.1, 0.15) is 6.54 Å². The van der Waals surface area contributed by atoms with Crippen LogP contribution >= 0.6 is 0 Å². The quantitative estimate of drug-likeness (QED) is 0.670. The minimum absolute atomic E-state index is 0.113. The topological polar surface area (TPSA) is 75.7 Å². The maximum Gasteiger partial charge on any atom is 0.320 e. The van der Waals surface area contributed by atoms with Crippen LogP contribution in [0.2, 0.25) is 0 Å². The molecule has 29 heavy (non-hydrogen) atoms. The fraction of sp³-hybridized carbons (Fsp3) is 0.409. The number of ether oxygens (including phenoxy) is 1. The predicted octanol–water partition coefficient (Wildman–Crippen LogP) is 2.83. The highest BCUT2D eigenvalue weighted by atomic mass is 32.2. The van der Waals surface area contributed by atoms with E-state index in [-0.39, 0.29) is 4.90 Å². The first-order valence-corrected chi connectivity index (χ1v) is 11.4. The third-order valence-corrected chi connectivity index (χ3v) is 6.88. The van der Waals surface area contributed by atoms with Crippen molar-refractivity contribution in [3.8, 4) is 11.1 Å². The van der Waals surface area contributed by atoms with Crippen LogP contribution in [0.25, 0.3) is 11.1 Å². The summed E-state index contributed by atoms with van der Waals surface area (Å²) in [4.78, 5) is 13.8. The molecule has 0 bridgehead atoms. The van der Waals surface area contributed by atoms with Gasteiger partial charge in [0, 0.05) is 12.6 Å². The summed E-state index contributed by atoms with van der Waals surface area (Å²) in [5.74, 6) is -0.635. The summed E-state index contributed by atoms with van der Waals surface area (Å²) in [6.45, 7) is 4.19. The molecule has 7 heteroatoms. The number of esters is 1. The minimum atomic E-state index is -3.75. The lowest BCUT2D eigenvalue weighted by atomic mass is 10.0. The third kappa shape index (κ3) is 5.65. The second-order valence-electron chi connectivity index (χ2n) is 7.40. The van der Waals surface area contributed by atoms with E-state index in [0.29, 0.717) is 6.04 Å². The number of likely N-dealkylation sites (tertiary alicyclic amines) is 1. The molecule has 1 atom stereocenters. The molecule has 0 aromatic heterocycles. The minimum Gasteiger partial charge on any atom is -0.468 e. The fourth-order valence-corrected chi connectivity index (χ4v) is 4.57. The van der Waals surface area contributed by atoms with E-state index >= 15 is 0 Å². The maximum atomic E-state index is 12.2. The zero-order chi connectivity index (χ0) is 20.9. The molecule has 1 aliphatic heterocycles. The molecule has 6 nitrogen and oxygen atoms in total. The maximum absolute atomic E-state index is 12.2. The van der Waals surface area contributed by atoms with E-state index in [1.165, 1.54) is 44.2 Å². The Kier molecular flexibility index (Phi) is 7.05. The van der Waals surface area contributed by atoms with Crippen LogP contribution in [0.15, 0.2) is 53.4 Å². The van der Waals surface area contributed by atoms with E-state index in [1.807, 2.05) is 0 Å². The van der Waals surface area contributed by atoms with Gasteiger partial charge in [-0.3, -0.25) is 4.79 Å². The Balaban J connectivity index is 1.61. The number of methoxy groups -OCH3 is 1. The number of nitrogens with zero attached hydrogens (tertiary/aromatic N) is 1. The number of hydrogen-bond acceptors (Lipinski definition) is 5. The Hall–Kier alpha value is -2.22. The van der Waals surface area contributed by atoms with Crippen molar-refractivity contribution in [3.63, 3.8) is 0 Å². The average molecular weight is 417 g/mol. The molecule has 0 saturated carbocycles. The Bertz CT molecular complexity index is 924. The van der Waals surface area contributed by atoms with Crippen LogP contribution in [0.3, 0.4) is 0 Å². The first kappa shape index (κ1) is 21.5. The molecule has 1 heterocycles. The summed E-state index contributed by atoms with van der Waals surface area (Å²) >= 11 is 0. The summed E-state index contributed by atoms with van der Waals surface area (Å²) in [7, 11) is -2.53. The molecule has 156 valence electrons. The number of carbonyl (C=O) groups is 1. The van der Waals surface area contributed by atoms with Gasteiger partial charge >= 0.3 is 5.97 Å². The van der Waals surface area contributed by atoms with E-state index in [4.69, 9.17) is 0 Å². The van der Waals surface area contributed by atoms with Gasteiger partial charge in [-0.2, -0.15) is 4.72 Å². The van der Waals surface area contributed by atoms with Crippen LogP contribution in [0.4, 0.5) is 0 Å². The van der Waals surface area contributed by atoms with Gasteiger partial charge in [-0.1, -0.05) is 36.4 Å². The SMILES string of the molecule is COC(=O)CNS(=O)(=O)c1ccc(-c2ccc(CCN3CCC[C@H]3C)cc2)cc1. The van der Waals surface area contributed by atoms with Crippen molar-refractivity contribution in [2.45, 2.75) is 37.1 Å². The first-order chi connectivity index (χ1) is 13.9. The number of sulfonamides is 1. The van der Waals surface area contributed by atoms with Crippen LogP contribution < -0.4 is 4.72 Å². The van der Waals surface area contributed by atoms with Crippen molar-refractivity contribution in [1.29, 1.82) is 0 Å². The van der Waals surface area contributed by atoms with E-state index in [2.05, 4.69) is 45.5 Å². The van der Waals surface area contributed by atoms with Crippen LogP contribution in [0.1, 0.15) is 25.3 Å². The molecule has 0 unspecified atom stereocenters. The van der Waals surface area contributed by atoms with Gasteiger partial charge in [0.25, 0.3) is 0 Å². The zero-order valence-corrected chi connectivity index (χ0v) is 17.7. The fourth-order valence-electron chi connectivity index (χ4n) is 3.60. The molecule has 1 fully saturated rings. The van der Waals surface area contributed by atoms with Crippen molar-refractivity contribution < 1.29 is 17.9 Å². The van der Waals surface area contributed by atoms with Gasteiger partial charge in [-0.15, -0.1) is 0 Å². The lowest BCUT2D eigenvalue weighted by molar-refractivity contribution is -0.139. The van der Waals surface area contributed by atoms with Gasteiger partial charge < -0.3 is 9.64 Å². The smallest absolute Gasteiger partial charge is 0.320 e. The van der Waals surface area contributed by atoms with E-state index in [9.17, 15) is 13.2 Å². The second kappa shape index (κ2) is 9.52. The van der Waals surface area contributed by atoms with Gasteiger partial charge in [0.15, 0.2) is 0 Å². The summed E-state index contributed by atoms with van der Waals surface area (Å²) < 4.78 is 31.1. The van der Waals surface area contributed by atoms with Crippen molar-refractivity contribution in [2.75, 3.05) is 26.7 Å². The third-order valence-electron chi connectivity index (χ3n) is 5.46. The van der Waals surface area contributed by atoms with Gasteiger partial charge in [0.05, 0.1) is 12.0 Å². The molecule has 0 amide bonds. The Morgan fingerprint density at radius 1 is 1.10 bits per heavy atom. The number of hydrogen-bond donors (Lipinski definition) is 1. The van der Waals surface area contributed by atoms with Crippen molar-refractivity contribution in [2.24, 2.45) is 0 Å². The number of nitrogens with one attached hydrogen (secondary N) is 1. The lowest BCUT2D eigenvalue weighted by Crippen LogP contribution is -2.30. The number of rotatable bonds is 8. The highest BCUT2D eigenvalue weighted by Crippen LogP contribution is 2.23. The Morgan fingerprint density at radius 2 is 1.72 bits per heavy atom. The second-order valence-corrected chi connectivity index (χ2v) is 9.17. The zero-order valence-electron chi connectivity index (χ0n) is 16.9. The molecule has 0 radical (unpaired) electrons. The van der Waals surface area contributed by atoms with Crippen molar-refractivity contribution in [1.82, 2.24) is 9.62 Å². The standard InChI is InChI=1S/C22H28N2O4S/c1-17-4-3-14-24(17)15-13-18-5-7-19(8-6-18)20-9-11-21(12-10-20)29(26,27)23-16-22(25)28-2/h5-12,17,23H,3-4,13-16H2,1-2H3/t17-/m1/s1. The molecule has 1 aliphatic rings. The Morgan fingerprint density at radius 3 is 2.28 bits per heavy atom. The molecule has 1 N–H and O–H groups in total. The monoisotopic (exact) mass is 416 g/mol. The summed E-state index contributed by atoms with van der Waals surface area (Å²) in [5.41, 5.74) is 3.28. The average Bonchev–Trinajstić information content (AvgIpc) is 3.15. The van der Waals surface area contributed by atoms with Crippen LogP contribution in [-0.4, -0.2) is 52.1 Å². The predicted molar refractivity (Wildman–Crippen MR) is 113 cm³/mol. The van der Waals surface area contributed by atoms with Gasteiger partial charge in [-0.05, 0) is 61.6 Å². The molecule has 1 saturated heterocycles. The van der Waals surface area contributed by atoms with E-state index < -0.39 is 22.5 Å². The molecule has 2 aromatic rings. The molecular formula is C22H28N2O4S. The van der Waals surface area contributed by atoms with Gasteiger partial charge in [-0.25, -0.2) is 8.42 Å². The van der Waals surface area contributed by atoms with Gasteiger partial charge in [0.2, 0.25) is 10.0 Å². The number of carbonyl (C=O) groups excluding carboxylic acids is 1. The first-order valence-electron chi connectivity index (χ1n) is 9.89. The van der Waals surface area contributed by atoms with Crippen molar-refractivity contribution >= 4 is 16.0 Å². The van der Waals surface area contributed by atoms with E-state index in [1.54, 1.807) is 12.1 Å². The number of benzene rings is 2. The Labute approximate surface area is 172 Å². The lowest BCUT2D eigenvalue weighted by Gasteiger charge is -2.20. The van der Waals surface area contributed by atoms with E-state index in [0.717, 1.165) is 24.1 Å². The molecule has 3 rings (SSSR count). The van der Waals surface area contributed by atoms with Crippen LogP contribution in [0, 0.1) is 0 Å².